The van der Waals surface area contributed by atoms with Crippen LogP contribution in [0, 0.1) is 0 Å². The maximum absolute atomic E-state index is 5.58. The predicted octanol–water partition coefficient (Wildman–Crippen LogP) is -0.182. The summed E-state index contributed by atoms with van der Waals surface area (Å²) >= 11 is 0. The van der Waals surface area contributed by atoms with Crippen molar-refractivity contribution in [3.8, 4) is 11.5 Å². The molecule has 0 saturated heterocycles. The van der Waals surface area contributed by atoms with Crippen LogP contribution in [0.1, 0.15) is 5.69 Å². The van der Waals surface area contributed by atoms with E-state index in [9.17, 15) is 0 Å². The molecule has 0 aliphatic heterocycles. The summed E-state index contributed by atoms with van der Waals surface area (Å²) in [5, 5.41) is 0. The number of hydrogen-bond donors (Lipinski definition) is 2. The Balaban J connectivity index is 2.87. The highest BCUT2D eigenvalue weighted by molar-refractivity contribution is 5.42. The van der Waals surface area contributed by atoms with Gasteiger partial charge in [0.2, 0.25) is 0 Å². The van der Waals surface area contributed by atoms with E-state index in [-0.39, 0.29) is 0 Å². The average molecular weight is 254 g/mol. The Morgan fingerprint density at radius 1 is 1.17 bits per heavy atom. The van der Waals surface area contributed by atoms with E-state index in [4.69, 9.17) is 20.9 Å². The molecule has 0 fully saturated rings. The molecule has 0 aliphatic rings. The van der Waals surface area contributed by atoms with Crippen molar-refractivity contribution in [1.29, 1.82) is 0 Å². The van der Waals surface area contributed by atoms with Crippen LogP contribution in [-0.4, -0.2) is 50.3 Å². The molecular formula is C12H22N4O2. The van der Waals surface area contributed by atoms with Crippen LogP contribution in [0.25, 0.3) is 0 Å². The van der Waals surface area contributed by atoms with Crippen LogP contribution >= 0.6 is 0 Å². The molecule has 102 valence electrons. The van der Waals surface area contributed by atoms with Crippen LogP contribution in [0.15, 0.2) is 12.3 Å². The maximum Gasteiger partial charge on any atom is 0.183 e. The molecule has 1 heterocycles. The first kappa shape index (κ1) is 14.7. The van der Waals surface area contributed by atoms with Crippen LogP contribution < -0.4 is 20.9 Å². The zero-order chi connectivity index (χ0) is 13.4. The maximum atomic E-state index is 5.58. The topological polar surface area (TPSA) is 86.6 Å². The number of pyridine rings is 1. The molecule has 1 rings (SSSR count). The van der Waals surface area contributed by atoms with Crippen LogP contribution in [0.2, 0.25) is 0 Å². The predicted molar refractivity (Wildman–Crippen MR) is 70.7 cm³/mol. The summed E-state index contributed by atoms with van der Waals surface area (Å²) in [7, 11) is 3.22. The SMILES string of the molecule is COc1ccnc(CN(CCN)CCN)c1OC. The first-order valence-electron chi connectivity index (χ1n) is 5.95. The number of ether oxygens (including phenoxy) is 2. The normalized spacial score (nSPS) is 10.7. The lowest BCUT2D eigenvalue weighted by Crippen LogP contribution is -2.33. The molecule has 4 N–H and O–H groups in total. The molecule has 0 amide bonds. The Labute approximate surface area is 108 Å². The van der Waals surface area contributed by atoms with Crippen molar-refractivity contribution in [1.82, 2.24) is 9.88 Å². The number of methoxy groups -OCH3 is 2. The van der Waals surface area contributed by atoms with Gasteiger partial charge in [-0.2, -0.15) is 0 Å². The van der Waals surface area contributed by atoms with Gasteiger partial charge in [0.05, 0.1) is 14.2 Å². The Morgan fingerprint density at radius 3 is 2.33 bits per heavy atom. The zero-order valence-corrected chi connectivity index (χ0v) is 11.1. The van der Waals surface area contributed by atoms with Crippen LogP contribution in [0.5, 0.6) is 11.5 Å². The molecule has 18 heavy (non-hydrogen) atoms. The molecule has 6 nitrogen and oxygen atoms in total. The van der Waals surface area contributed by atoms with Gasteiger partial charge in [-0.05, 0) is 0 Å². The van der Waals surface area contributed by atoms with Crippen LogP contribution in [0.4, 0.5) is 0 Å². The van der Waals surface area contributed by atoms with Gasteiger partial charge in [0, 0.05) is 45.0 Å². The third kappa shape index (κ3) is 3.83. The molecular weight excluding hydrogens is 232 g/mol. The second kappa shape index (κ2) is 7.86. The number of nitrogens with zero attached hydrogens (tertiary/aromatic N) is 2. The van der Waals surface area contributed by atoms with Gasteiger partial charge in [0.1, 0.15) is 5.69 Å². The first-order chi connectivity index (χ1) is 8.76. The van der Waals surface area contributed by atoms with E-state index < -0.39 is 0 Å². The molecule has 0 aliphatic carbocycles. The monoisotopic (exact) mass is 254 g/mol. The highest BCUT2D eigenvalue weighted by Gasteiger charge is 2.14. The fourth-order valence-corrected chi connectivity index (χ4v) is 1.81. The fourth-order valence-electron chi connectivity index (χ4n) is 1.81. The van der Waals surface area contributed by atoms with Crippen LogP contribution in [-0.2, 0) is 6.54 Å². The van der Waals surface area contributed by atoms with Crippen molar-refractivity contribution in [2.75, 3.05) is 40.4 Å². The van der Waals surface area contributed by atoms with Gasteiger partial charge < -0.3 is 20.9 Å². The van der Waals surface area contributed by atoms with E-state index in [1.165, 1.54) is 0 Å². The van der Waals surface area contributed by atoms with Crippen molar-refractivity contribution < 1.29 is 9.47 Å². The largest absolute Gasteiger partial charge is 0.493 e. The Kier molecular flexibility index (Phi) is 6.42. The molecule has 0 atom stereocenters. The van der Waals surface area contributed by atoms with Crippen molar-refractivity contribution in [3.05, 3.63) is 18.0 Å². The lowest BCUT2D eigenvalue weighted by molar-refractivity contribution is 0.268. The minimum Gasteiger partial charge on any atom is -0.493 e. The smallest absolute Gasteiger partial charge is 0.183 e. The van der Waals surface area contributed by atoms with Gasteiger partial charge in [-0.15, -0.1) is 0 Å². The number of hydrogen-bond acceptors (Lipinski definition) is 6. The Morgan fingerprint density at radius 2 is 1.83 bits per heavy atom. The quantitative estimate of drug-likeness (QED) is 0.669. The highest BCUT2D eigenvalue weighted by Crippen LogP contribution is 2.29. The van der Waals surface area contributed by atoms with Gasteiger partial charge in [-0.3, -0.25) is 9.88 Å². The number of rotatable bonds is 8. The van der Waals surface area contributed by atoms with E-state index in [0.29, 0.717) is 31.1 Å². The van der Waals surface area contributed by atoms with E-state index in [0.717, 1.165) is 18.8 Å². The summed E-state index contributed by atoms with van der Waals surface area (Å²) in [5.41, 5.74) is 12.0. The number of nitrogens with two attached hydrogens (primary N) is 2. The first-order valence-corrected chi connectivity index (χ1v) is 5.95. The molecule has 0 unspecified atom stereocenters. The van der Waals surface area contributed by atoms with E-state index in [1.807, 2.05) is 0 Å². The minimum atomic E-state index is 0.590. The second-order valence-corrected chi connectivity index (χ2v) is 3.85. The van der Waals surface area contributed by atoms with Gasteiger partial charge in [0.25, 0.3) is 0 Å². The Hall–Kier alpha value is -1.37. The van der Waals surface area contributed by atoms with Crippen molar-refractivity contribution in [3.63, 3.8) is 0 Å². The molecule has 1 aromatic rings. The third-order valence-corrected chi connectivity index (χ3v) is 2.63. The summed E-state index contributed by atoms with van der Waals surface area (Å²) in [4.78, 5) is 6.48. The minimum absolute atomic E-state index is 0.590. The van der Waals surface area contributed by atoms with E-state index >= 15 is 0 Å². The molecule has 0 radical (unpaired) electrons. The lowest BCUT2D eigenvalue weighted by Gasteiger charge is -2.21. The average Bonchev–Trinajstić information content (AvgIpc) is 2.39. The molecule has 0 saturated carbocycles. The summed E-state index contributed by atoms with van der Waals surface area (Å²) in [6, 6.07) is 1.78. The molecule has 0 bridgehead atoms. The molecule has 6 heteroatoms. The Bertz CT molecular complexity index is 354. The molecule has 1 aromatic heterocycles. The van der Waals surface area contributed by atoms with Crippen molar-refractivity contribution in [2.24, 2.45) is 11.5 Å². The third-order valence-electron chi connectivity index (χ3n) is 2.63. The summed E-state index contributed by atoms with van der Waals surface area (Å²) in [5.74, 6) is 1.35. The molecule has 0 aromatic carbocycles. The van der Waals surface area contributed by atoms with E-state index in [1.54, 1.807) is 26.5 Å². The number of aromatic nitrogens is 1. The second-order valence-electron chi connectivity index (χ2n) is 3.85. The van der Waals surface area contributed by atoms with Gasteiger partial charge >= 0.3 is 0 Å². The van der Waals surface area contributed by atoms with E-state index in [2.05, 4.69) is 9.88 Å². The van der Waals surface area contributed by atoms with Gasteiger partial charge in [-0.25, -0.2) is 0 Å². The molecule has 0 spiro atoms. The summed E-state index contributed by atoms with van der Waals surface area (Å²) < 4.78 is 10.6. The summed E-state index contributed by atoms with van der Waals surface area (Å²) in [6.07, 6.45) is 1.71. The van der Waals surface area contributed by atoms with Crippen molar-refractivity contribution in [2.45, 2.75) is 6.54 Å². The highest BCUT2D eigenvalue weighted by atomic mass is 16.5. The summed E-state index contributed by atoms with van der Waals surface area (Å²) in [6.45, 7) is 3.38. The van der Waals surface area contributed by atoms with Crippen molar-refractivity contribution >= 4 is 0 Å². The standard InChI is InChI=1S/C12H22N4O2/c1-17-11-3-6-15-10(12(11)18-2)9-16(7-4-13)8-5-14/h3,6H,4-5,7-9,13-14H2,1-2H3. The van der Waals surface area contributed by atoms with Gasteiger partial charge in [0.15, 0.2) is 11.5 Å². The lowest BCUT2D eigenvalue weighted by atomic mass is 10.2. The zero-order valence-electron chi connectivity index (χ0n) is 11.1. The van der Waals surface area contributed by atoms with Crippen LogP contribution in [0.3, 0.4) is 0 Å². The van der Waals surface area contributed by atoms with Gasteiger partial charge in [-0.1, -0.05) is 0 Å². The fraction of sp³-hybridized carbons (Fsp3) is 0.583.